The first-order valence-electron chi connectivity index (χ1n) is 20.8. The lowest BCUT2D eigenvalue weighted by Crippen LogP contribution is -2.45. The Balaban J connectivity index is 0.000000212. The molecule has 2 amide bonds. The number of likely N-dealkylation sites (N-methyl/N-ethyl adjacent to an activating group) is 1. The number of likely N-dealkylation sites (tertiary alicyclic amines) is 3. The first-order chi connectivity index (χ1) is 25.9. The molecule has 4 atom stereocenters. The minimum absolute atomic E-state index is 0.100. The third-order valence-corrected chi connectivity index (χ3v) is 11.3. The van der Waals surface area contributed by atoms with Crippen LogP contribution in [0.1, 0.15) is 124 Å². The van der Waals surface area contributed by atoms with E-state index in [1.54, 1.807) is 0 Å². The normalized spacial score (nSPS) is 24.2. The number of amides is 2. The van der Waals surface area contributed by atoms with Gasteiger partial charge in [-0.2, -0.15) is 0 Å². The van der Waals surface area contributed by atoms with Crippen LogP contribution in [0, 0.1) is 11.8 Å². The standard InChI is InChI=1S/C22H35N3O2.C17H24BrNO2.C6H13N/c1-17-9-10-20(25(16-17)21(26)27-22(2,3)4)18-7-6-8-19(15-18)24-13-11-23(5)12-14-24;1-12-8-9-15(13-6-5-7-14(18)10-13)19(11-12)16(20)21-17(2,3)4;1-7-5-3-2-4-6-7/h6-8,15,17,20H,9-14,16H2,1-5H3;5-7,10,12,15H,8-9,11H2,1-4H3;2-6H2,1H3/t17-,20+;12-,15+;/m00./s1. The fraction of sp³-hybridized carbons (Fsp3) is 0.689. The molecule has 0 bridgehead atoms. The smallest absolute Gasteiger partial charge is 0.410 e. The van der Waals surface area contributed by atoms with Gasteiger partial charge in [0, 0.05) is 49.4 Å². The maximum Gasteiger partial charge on any atom is 0.410 e. The molecule has 6 rings (SSSR count). The maximum absolute atomic E-state index is 12.9. The van der Waals surface area contributed by atoms with Gasteiger partial charge in [0.05, 0.1) is 12.1 Å². The Kier molecular flexibility index (Phi) is 16.8. The van der Waals surface area contributed by atoms with Gasteiger partial charge in [-0.15, -0.1) is 0 Å². The zero-order valence-electron chi connectivity index (χ0n) is 35.8. The van der Waals surface area contributed by atoms with Crippen molar-refractivity contribution in [1.29, 1.82) is 0 Å². The lowest BCUT2D eigenvalue weighted by molar-refractivity contribution is 0.00276. The van der Waals surface area contributed by atoms with Crippen LogP contribution in [0.3, 0.4) is 0 Å². The van der Waals surface area contributed by atoms with Crippen molar-refractivity contribution >= 4 is 33.8 Å². The molecule has 4 aliphatic heterocycles. The molecular weight excluding hydrogens is 754 g/mol. The summed E-state index contributed by atoms with van der Waals surface area (Å²) in [5.41, 5.74) is 2.73. The van der Waals surface area contributed by atoms with Crippen LogP contribution in [0.25, 0.3) is 0 Å². The number of nitrogens with zero attached hydrogens (tertiary/aromatic N) is 5. The van der Waals surface area contributed by atoms with Crippen molar-refractivity contribution in [2.24, 2.45) is 11.8 Å². The number of ether oxygens (including phenoxy) is 2. The number of hydrogen-bond acceptors (Lipinski definition) is 7. The second-order valence-corrected chi connectivity index (χ2v) is 19.4. The van der Waals surface area contributed by atoms with Crippen LogP contribution in [-0.2, 0) is 9.47 Å². The summed E-state index contributed by atoms with van der Waals surface area (Å²) in [5.74, 6) is 1.02. The number of hydrogen-bond donors (Lipinski definition) is 0. The zero-order chi connectivity index (χ0) is 40.3. The van der Waals surface area contributed by atoms with Crippen molar-refractivity contribution in [1.82, 2.24) is 19.6 Å². The second kappa shape index (κ2) is 20.6. The van der Waals surface area contributed by atoms with Gasteiger partial charge in [0.25, 0.3) is 0 Å². The Bertz CT molecular complexity index is 1490. The number of piperidine rings is 3. The minimum Gasteiger partial charge on any atom is -0.444 e. The highest BCUT2D eigenvalue weighted by Gasteiger charge is 2.35. The van der Waals surface area contributed by atoms with E-state index in [0.29, 0.717) is 11.8 Å². The van der Waals surface area contributed by atoms with E-state index in [9.17, 15) is 9.59 Å². The summed E-state index contributed by atoms with van der Waals surface area (Å²) in [4.78, 5) is 36.4. The van der Waals surface area contributed by atoms with Gasteiger partial charge in [-0.25, -0.2) is 9.59 Å². The molecule has 4 heterocycles. The first-order valence-corrected chi connectivity index (χ1v) is 21.6. The molecule has 2 aromatic rings. The fourth-order valence-corrected chi connectivity index (χ4v) is 8.22. The summed E-state index contributed by atoms with van der Waals surface area (Å²) in [6.07, 6.45) is 8.13. The van der Waals surface area contributed by atoms with Crippen LogP contribution in [0.5, 0.6) is 0 Å². The summed E-state index contributed by atoms with van der Waals surface area (Å²) < 4.78 is 12.3. The topological polar surface area (TPSA) is 68.8 Å². The van der Waals surface area contributed by atoms with Crippen molar-refractivity contribution in [3.05, 3.63) is 64.1 Å². The van der Waals surface area contributed by atoms with Gasteiger partial charge in [-0.05, 0) is 154 Å². The highest BCUT2D eigenvalue weighted by molar-refractivity contribution is 9.10. The van der Waals surface area contributed by atoms with Crippen molar-refractivity contribution in [3.63, 3.8) is 0 Å². The average molecular weight is 827 g/mol. The van der Waals surface area contributed by atoms with Crippen molar-refractivity contribution in [2.75, 3.05) is 71.4 Å². The highest BCUT2D eigenvalue weighted by atomic mass is 79.9. The summed E-state index contributed by atoms with van der Waals surface area (Å²) in [5, 5.41) is 0. The molecule has 0 radical (unpaired) electrons. The maximum atomic E-state index is 12.9. The Morgan fingerprint density at radius 1 is 0.618 bits per heavy atom. The largest absolute Gasteiger partial charge is 0.444 e. The number of benzene rings is 2. The molecule has 10 heteroatoms. The molecule has 4 saturated heterocycles. The van der Waals surface area contributed by atoms with Crippen LogP contribution in [0.4, 0.5) is 15.3 Å². The minimum atomic E-state index is -0.468. The van der Waals surface area contributed by atoms with Crippen molar-refractivity contribution in [3.8, 4) is 0 Å². The van der Waals surface area contributed by atoms with Crippen LogP contribution >= 0.6 is 15.9 Å². The van der Waals surface area contributed by atoms with Gasteiger partial charge in [-0.3, -0.25) is 0 Å². The van der Waals surface area contributed by atoms with E-state index < -0.39 is 11.2 Å². The third kappa shape index (κ3) is 14.9. The number of rotatable bonds is 3. The summed E-state index contributed by atoms with van der Waals surface area (Å²) in [6, 6.07) is 17.2. The van der Waals surface area contributed by atoms with E-state index in [2.05, 4.69) is 95.0 Å². The molecular formula is C45H72BrN5O4. The average Bonchev–Trinajstić information content (AvgIpc) is 3.11. The Morgan fingerprint density at radius 3 is 1.51 bits per heavy atom. The molecule has 308 valence electrons. The molecule has 0 spiro atoms. The summed E-state index contributed by atoms with van der Waals surface area (Å²) in [6.45, 7) is 24.4. The van der Waals surface area contributed by atoms with Gasteiger partial charge in [0.2, 0.25) is 0 Å². The molecule has 9 nitrogen and oxygen atoms in total. The predicted octanol–water partition coefficient (Wildman–Crippen LogP) is 10.4. The Labute approximate surface area is 342 Å². The lowest BCUT2D eigenvalue weighted by Gasteiger charge is -2.40. The molecule has 0 aliphatic carbocycles. The quantitative estimate of drug-likeness (QED) is 0.305. The van der Waals surface area contributed by atoms with Crippen molar-refractivity contribution in [2.45, 2.75) is 124 Å². The summed E-state index contributed by atoms with van der Waals surface area (Å²) in [7, 11) is 4.37. The van der Waals surface area contributed by atoms with E-state index in [1.165, 1.54) is 49.2 Å². The first kappa shape index (κ1) is 44.9. The molecule has 0 unspecified atom stereocenters. The molecule has 2 aromatic carbocycles. The van der Waals surface area contributed by atoms with Crippen molar-refractivity contribution < 1.29 is 19.1 Å². The Morgan fingerprint density at radius 2 is 1.07 bits per heavy atom. The van der Waals surface area contributed by atoms with Crippen LogP contribution in [0.2, 0.25) is 0 Å². The number of halogens is 1. The van der Waals surface area contributed by atoms with E-state index in [-0.39, 0.29) is 24.3 Å². The molecule has 4 fully saturated rings. The van der Waals surface area contributed by atoms with Crippen LogP contribution < -0.4 is 4.90 Å². The monoisotopic (exact) mass is 825 g/mol. The SMILES string of the molecule is CN1CCCCC1.C[C@H]1CC[C@H](c2cccc(Br)c2)N(C(=O)OC(C)(C)C)C1.C[C@H]1CC[C@H](c2cccc(N3CCN(C)CC3)c2)N(C(=O)OC(C)(C)C)C1. The second-order valence-electron chi connectivity index (χ2n) is 18.5. The fourth-order valence-electron chi connectivity index (χ4n) is 7.80. The van der Waals surface area contributed by atoms with E-state index in [0.717, 1.165) is 69.4 Å². The lowest BCUT2D eigenvalue weighted by atomic mass is 9.90. The van der Waals surface area contributed by atoms with E-state index in [4.69, 9.17) is 9.47 Å². The number of carbonyl (C=O) groups is 2. The predicted molar refractivity (Wildman–Crippen MR) is 230 cm³/mol. The van der Waals surface area contributed by atoms with E-state index >= 15 is 0 Å². The van der Waals surface area contributed by atoms with Gasteiger partial charge in [-0.1, -0.05) is 60.5 Å². The van der Waals surface area contributed by atoms with Gasteiger partial charge < -0.3 is 34.0 Å². The van der Waals surface area contributed by atoms with Crippen LogP contribution in [-0.4, -0.2) is 109 Å². The third-order valence-electron chi connectivity index (χ3n) is 10.8. The Hall–Kier alpha value is -2.82. The van der Waals surface area contributed by atoms with Gasteiger partial charge in [0.1, 0.15) is 11.2 Å². The van der Waals surface area contributed by atoms with E-state index in [1.807, 2.05) is 63.5 Å². The summed E-state index contributed by atoms with van der Waals surface area (Å²) >= 11 is 3.51. The zero-order valence-corrected chi connectivity index (χ0v) is 37.4. The van der Waals surface area contributed by atoms with Gasteiger partial charge in [0.15, 0.2) is 0 Å². The number of anilines is 1. The molecule has 0 saturated carbocycles. The molecule has 0 N–H and O–H groups in total. The molecule has 55 heavy (non-hydrogen) atoms. The van der Waals surface area contributed by atoms with Crippen LogP contribution in [0.15, 0.2) is 53.0 Å². The van der Waals surface area contributed by atoms with Gasteiger partial charge >= 0.3 is 12.2 Å². The number of piperazine rings is 1. The molecule has 0 aromatic heterocycles. The number of carbonyl (C=O) groups excluding carboxylic acids is 2. The highest BCUT2D eigenvalue weighted by Crippen LogP contribution is 2.37. The molecule has 4 aliphatic rings.